The number of rotatable bonds is 3. The Bertz CT molecular complexity index is 878. The van der Waals surface area contributed by atoms with Crippen LogP contribution in [-0.2, 0) is 6.54 Å². The van der Waals surface area contributed by atoms with Crippen LogP contribution in [0, 0.1) is 0 Å². The maximum absolute atomic E-state index is 12.2. The van der Waals surface area contributed by atoms with Crippen LogP contribution >= 0.6 is 23.2 Å². The first-order chi connectivity index (χ1) is 10.0. The molecule has 1 aromatic heterocycles. The highest BCUT2D eigenvalue weighted by Crippen LogP contribution is 2.19. The Morgan fingerprint density at radius 3 is 2.43 bits per heavy atom. The smallest absolute Gasteiger partial charge is 0.408 e. The summed E-state index contributed by atoms with van der Waals surface area (Å²) in [5, 5.41) is 1.01. The van der Waals surface area contributed by atoms with Crippen molar-refractivity contribution < 1.29 is 9.21 Å². The predicted molar refractivity (Wildman–Crippen MR) is 81.3 cm³/mol. The second kappa shape index (κ2) is 5.39. The Labute approximate surface area is 129 Å². The van der Waals surface area contributed by atoms with E-state index in [1.165, 1.54) is 4.57 Å². The summed E-state index contributed by atoms with van der Waals surface area (Å²) in [6, 6.07) is 11.3. The van der Waals surface area contributed by atoms with Crippen LogP contribution in [0.25, 0.3) is 11.1 Å². The Morgan fingerprint density at radius 1 is 1.05 bits per heavy atom. The second-order valence-electron chi connectivity index (χ2n) is 4.50. The van der Waals surface area contributed by atoms with Crippen LogP contribution in [0.3, 0.4) is 0 Å². The molecule has 0 bridgehead atoms. The third-order valence-electron chi connectivity index (χ3n) is 3.10. The quantitative estimate of drug-likeness (QED) is 0.690. The van der Waals surface area contributed by atoms with Crippen molar-refractivity contribution in [2.24, 2.45) is 0 Å². The molecule has 0 saturated heterocycles. The number of aromatic nitrogens is 1. The first-order valence-electron chi connectivity index (χ1n) is 6.12. The number of benzene rings is 2. The van der Waals surface area contributed by atoms with Gasteiger partial charge in [0.15, 0.2) is 11.4 Å². The number of hydrogen-bond acceptors (Lipinski definition) is 3. The van der Waals surface area contributed by atoms with E-state index in [1.807, 2.05) is 0 Å². The zero-order chi connectivity index (χ0) is 15.0. The lowest BCUT2D eigenvalue weighted by molar-refractivity contribution is 0.0970. The van der Waals surface area contributed by atoms with Crippen molar-refractivity contribution in [1.29, 1.82) is 0 Å². The van der Waals surface area contributed by atoms with Crippen LogP contribution in [-0.4, -0.2) is 10.4 Å². The normalized spacial score (nSPS) is 11.0. The number of carbonyl (C=O) groups is 1. The number of carbonyl (C=O) groups excluding carboxylic acids is 1. The number of Topliss-reactive ketones (excluding diaryl/α,β-unsaturated/α-hetero) is 1. The summed E-state index contributed by atoms with van der Waals surface area (Å²) < 4.78 is 6.35. The van der Waals surface area contributed by atoms with E-state index in [1.54, 1.807) is 42.5 Å². The molecular formula is C15H9Cl2NO3. The summed E-state index contributed by atoms with van der Waals surface area (Å²) in [6.07, 6.45) is 0. The van der Waals surface area contributed by atoms with Gasteiger partial charge in [-0.2, -0.15) is 0 Å². The van der Waals surface area contributed by atoms with Crippen molar-refractivity contribution in [3.8, 4) is 0 Å². The van der Waals surface area contributed by atoms with Gasteiger partial charge in [0, 0.05) is 15.6 Å². The Balaban J connectivity index is 1.99. The van der Waals surface area contributed by atoms with Crippen molar-refractivity contribution in [3.05, 3.63) is 68.6 Å². The van der Waals surface area contributed by atoms with Crippen LogP contribution < -0.4 is 5.76 Å². The van der Waals surface area contributed by atoms with Gasteiger partial charge < -0.3 is 4.42 Å². The molecule has 0 spiro atoms. The van der Waals surface area contributed by atoms with Crippen LogP contribution in [0.15, 0.2) is 51.7 Å². The van der Waals surface area contributed by atoms with Gasteiger partial charge in [0.1, 0.15) is 0 Å². The second-order valence-corrected chi connectivity index (χ2v) is 5.37. The van der Waals surface area contributed by atoms with Gasteiger partial charge in [-0.05, 0) is 42.5 Å². The molecule has 1 heterocycles. The molecule has 0 amide bonds. The largest absolute Gasteiger partial charge is 0.420 e. The SMILES string of the molecule is O=C(Cn1c(=O)oc2ccc(Cl)cc21)c1ccc(Cl)cc1. The fraction of sp³-hybridized carbons (Fsp3) is 0.0667. The first kappa shape index (κ1) is 13.9. The topological polar surface area (TPSA) is 52.2 Å². The minimum absolute atomic E-state index is 0.117. The molecule has 0 aliphatic rings. The zero-order valence-electron chi connectivity index (χ0n) is 10.7. The summed E-state index contributed by atoms with van der Waals surface area (Å²) in [6.45, 7) is -0.117. The van der Waals surface area contributed by atoms with E-state index < -0.39 is 5.76 Å². The van der Waals surface area contributed by atoms with Crippen LogP contribution in [0.4, 0.5) is 0 Å². The van der Waals surface area contributed by atoms with Crippen molar-refractivity contribution in [1.82, 2.24) is 4.57 Å². The molecule has 0 N–H and O–H groups in total. The Morgan fingerprint density at radius 2 is 1.71 bits per heavy atom. The minimum Gasteiger partial charge on any atom is -0.408 e. The molecule has 0 unspecified atom stereocenters. The average molecular weight is 322 g/mol. The van der Waals surface area contributed by atoms with Crippen LogP contribution in [0.5, 0.6) is 0 Å². The monoisotopic (exact) mass is 321 g/mol. The summed E-state index contributed by atoms with van der Waals surface area (Å²) in [5.41, 5.74) is 1.37. The molecule has 0 atom stereocenters. The molecule has 3 rings (SSSR count). The third kappa shape index (κ3) is 2.73. The van der Waals surface area contributed by atoms with Crippen molar-refractivity contribution >= 4 is 40.1 Å². The highest BCUT2D eigenvalue weighted by Gasteiger charge is 2.14. The zero-order valence-corrected chi connectivity index (χ0v) is 12.2. The molecule has 0 radical (unpaired) electrons. The minimum atomic E-state index is -0.588. The van der Waals surface area contributed by atoms with Crippen molar-refractivity contribution in [2.75, 3.05) is 0 Å². The number of nitrogens with zero attached hydrogens (tertiary/aromatic N) is 1. The van der Waals surface area contributed by atoms with E-state index in [4.69, 9.17) is 27.6 Å². The van der Waals surface area contributed by atoms with Crippen molar-refractivity contribution in [3.63, 3.8) is 0 Å². The maximum Gasteiger partial charge on any atom is 0.420 e. The van der Waals surface area contributed by atoms with E-state index in [0.29, 0.717) is 26.7 Å². The summed E-state index contributed by atoms with van der Waals surface area (Å²) in [4.78, 5) is 24.1. The Hall–Kier alpha value is -2.04. The van der Waals surface area contributed by atoms with Gasteiger partial charge in [-0.3, -0.25) is 9.36 Å². The molecule has 6 heteroatoms. The highest BCUT2D eigenvalue weighted by atomic mass is 35.5. The lowest BCUT2D eigenvalue weighted by Gasteiger charge is -2.02. The number of oxazole rings is 1. The molecule has 21 heavy (non-hydrogen) atoms. The van der Waals surface area contributed by atoms with Gasteiger partial charge in [-0.15, -0.1) is 0 Å². The molecule has 0 saturated carbocycles. The molecule has 106 valence electrons. The van der Waals surface area contributed by atoms with Gasteiger partial charge in [0.2, 0.25) is 0 Å². The Kier molecular flexibility index (Phi) is 3.57. The number of fused-ring (bicyclic) bond motifs is 1. The first-order valence-corrected chi connectivity index (χ1v) is 6.88. The fourth-order valence-corrected chi connectivity index (χ4v) is 2.35. The van der Waals surface area contributed by atoms with E-state index in [0.717, 1.165) is 0 Å². The average Bonchev–Trinajstić information content (AvgIpc) is 2.76. The number of ketones is 1. The van der Waals surface area contributed by atoms with Crippen LogP contribution in [0.2, 0.25) is 10.0 Å². The van der Waals surface area contributed by atoms with Gasteiger partial charge in [0.05, 0.1) is 12.1 Å². The predicted octanol–water partition coefficient (Wildman–Crippen LogP) is 3.78. The molecule has 2 aromatic carbocycles. The number of hydrogen-bond donors (Lipinski definition) is 0. The van der Waals surface area contributed by atoms with E-state index in [2.05, 4.69) is 0 Å². The molecule has 0 aliphatic carbocycles. The number of halogens is 2. The summed E-state index contributed by atoms with van der Waals surface area (Å²) >= 11 is 11.7. The van der Waals surface area contributed by atoms with Gasteiger partial charge in [0.25, 0.3) is 0 Å². The van der Waals surface area contributed by atoms with Gasteiger partial charge in [-0.25, -0.2) is 4.79 Å². The van der Waals surface area contributed by atoms with Gasteiger partial charge in [-0.1, -0.05) is 23.2 Å². The lowest BCUT2D eigenvalue weighted by Crippen LogP contribution is -2.20. The molecule has 3 aromatic rings. The molecular weight excluding hydrogens is 313 g/mol. The van der Waals surface area contributed by atoms with E-state index in [9.17, 15) is 9.59 Å². The molecule has 0 fully saturated rings. The van der Waals surface area contributed by atoms with Crippen LogP contribution in [0.1, 0.15) is 10.4 Å². The third-order valence-corrected chi connectivity index (χ3v) is 3.58. The molecule has 4 nitrogen and oxygen atoms in total. The van der Waals surface area contributed by atoms with E-state index in [-0.39, 0.29) is 12.3 Å². The van der Waals surface area contributed by atoms with Crippen molar-refractivity contribution in [2.45, 2.75) is 6.54 Å². The van der Waals surface area contributed by atoms with E-state index >= 15 is 0 Å². The summed E-state index contributed by atoms with van der Waals surface area (Å²) in [5.74, 6) is -0.800. The lowest BCUT2D eigenvalue weighted by atomic mass is 10.1. The maximum atomic E-state index is 12.2. The molecule has 0 aliphatic heterocycles. The standard InChI is InChI=1S/C15H9Cl2NO3/c16-10-3-1-9(2-4-10)13(19)8-18-12-7-11(17)5-6-14(12)21-15(18)20/h1-7H,8H2. The summed E-state index contributed by atoms with van der Waals surface area (Å²) in [7, 11) is 0. The van der Waals surface area contributed by atoms with Gasteiger partial charge >= 0.3 is 5.76 Å². The fourth-order valence-electron chi connectivity index (χ4n) is 2.06. The highest BCUT2D eigenvalue weighted by molar-refractivity contribution is 6.31.